The van der Waals surface area contributed by atoms with E-state index in [-0.39, 0.29) is 12.0 Å². The third kappa shape index (κ3) is 3.36. The second-order valence-electron chi connectivity index (χ2n) is 4.45. The zero-order valence-electron chi connectivity index (χ0n) is 11.0. The second kappa shape index (κ2) is 6.52. The largest absolute Gasteiger partial charge is 0.310 e. The molecule has 1 heterocycles. The van der Waals surface area contributed by atoms with Gasteiger partial charge in [0.05, 0.1) is 6.20 Å². The Kier molecular flexibility index (Phi) is 4.74. The van der Waals surface area contributed by atoms with E-state index < -0.39 is 23.5 Å². The topological polar surface area (TPSA) is 24.9 Å². The van der Waals surface area contributed by atoms with Crippen molar-refractivity contribution in [3.63, 3.8) is 0 Å². The van der Waals surface area contributed by atoms with Crippen LogP contribution in [0.15, 0.2) is 36.7 Å². The molecule has 106 valence electrons. The summed E-state index contributed by atoms with van der Waals surface area (Å²) in [5.41, 5.74) is 0.553. The van der Waals surface area contributed by atoms with E-state index in [1.54, 1.807) is 0 Å². The monoisotopic (exact) mass is 280 g/mol. The number of aromatic nitrogens is 1. The summed E-state index contributed by atoms with van der Waals surface area (Å²) in [7, 11) is 0. The van der Waals surface area contributed by atoms with Crippen molar-refractivity contribution >= 4 is 0 Å². The lowest BCUT2D eigenvalue weighted by Gasteiger charge is -2.19. The predicted octanol–water partition coefficient (Wildman–Crippen LogP) is 3.39. The lowest BCUT2D eigenvalue weighted by atomic mass is 9.99. The molecule has 1 aromatic heterocycles. The number of halogens is 3. The van der Waals surface area contributed by atoms with E-state index >= 15 is 0 Å². The summed E-state index contributed by atoms with van der Waals surface area (Å²) in [6, 6.07) is 4.67. The summed E-state index contributed by atoms with van der Waals surface area (Å²) in [4.78, 5) is 3.77. The van der Waals surface area contributed by atoms with Gasteiger partial charge in [0.1, 0.15) is 17.5 Å². The first-order chi connectivity index (χ1) is 9.61. The van der Waals surface area contributed by atoms with Gasteiger partial charge in [-0.05, 0) is 36.7 Å². The third-order valence-corrected chi connectivity index (χ3v) is 3.05. The molecule has 2 rings (SSSR count). The number of pyridine rings is 1. The highest BCUT2D eigenvalue weighted by Crippen LogP contribution is 2.22. The average molecular weight is 280 g/mol. The molecule has 1 aromatic carbocycles. The van der Waals surface area contributed by atoms with Crippen molar-refractivity contribution < 1.29 is 13.2 Å². The molecule has 0 spiro atoms. The highest BCUT2D eigenvalue weighted by atomic mass is 19.1. The van der Waals surface area contributed by atoms with Crippen LogP contribution >= 0.6 is 0 Å². The number of hydrogen-bond acceptors (Lipinski definition) is 2. The van der Waals surface area contributed by atoms with Crippen molar-refractivity contribution in [1.82, 2.24) is 10.3 Å². The van der Waals surface area contributed by atoms with E-state index in [0.717, 1.165) is 6.20 Å². The van der Waals surface area contributed by atoms with E-state index in [9.17, 15) is 13.2 Å². The highest BCUT2D eigenvalue weighted by Gasteiger charge is 2.17. The molecule has 0 aliphatic heterocycles. The van der Waals surface area contributed by atoms with Crippen LogP contribution in [0.1, 0.15) is 24.1 Å². The zero-order chi connectivity index (χ0) is 14.5. The normalized spacial score (nSPS) is 12.4. The summed E-state index contributed by atoms with van der Waals surface area (Å²) < 4.78 is 40.6. The summed E-state index contributed by atoms with van der Waals surface area (Å²) in [5, 5.41) is 3.09. The van der Waals surface area contributed by atoms with E-state index in [2.05, 4.69) is 10.3 Å². The fourth-order valence-corrected chi connectivity index (χ4v) is 2.10. The number of likely N-dealkylation sites (N-methyl/N-ethyl adjacent to an activating group) is 1. The number of nitrogens with one attached hydrogen (secondary N) is 1. The molecule has 1 atom stereocenters. The smallest absolute Gasteiger partial charge is 0.141 e. The molecule has 0 saturated carbocycles. The first-order valence-corrected chi connectivity index (χ1v) is 6.38. The second-order valence-corrected chi connectivity index (χ2v) is 4.45. The van der Waals surface area contributed by atoms with Crippen LogP contribution < -0.4 is 5.32 Å². The van der Waals surface area contributed by atoms with Crippen molar-refractivity contribution in [2.45, 2.75) is 19.4 Å². The molecule has 5 heteroatoms. The minimum atomic E-state index is -0.600. The van der Waals surface area contributed by atoms with Gasteiger partial charge in [-0.1, -0.05) is 13.0 Å². The fourth-order valence-electron chi connectivity index (χ4n) is 2.10. The molecule has 0 amide bonds. The van der Waals surface area contributed by atoms with Crippen LogP contribution in [0.5, 0.6) is 0 Å². The Bertz CT molecular complexity index is 567. The maximum Gasteiger partial charge on any atom is 0.141 e. The van der Waals surface area contributed by atoms with E-state index in [0.29, 0.717) is 12.1 Å². The minimum absolute atomic E-state index is 0.0114. The highest BCUT2D eigenvalue weighted by molar-refractivity contribution is 5.24. The SMILES string of the molecule is CCNC(Cc1c(F)cccc1F)c1cncc(F)c1. The molecule has 0 radical (unpaired) electrons. The van der Waals surface area contributed by atoms with Crippen molar-refractivity contribution in [2.24, 2.45) is 0 Å². The van der Waals surface area contributed by atoms with Crippen LogP contribution in [0.4, 0.5) is 13.2 Å². The number of rotatable bonds is 5. The van der Waals surface area contributed by atoms with Crippen molar-refractivity contribution in [3.05, 3.63) is 65.2 Å². The number of benzene rings is 1. The van der Waals surface area contributed by atoms with E-state index in [1.165, 1.54) is 30.5 Å². The number of nitrogens with zero attached hydrogens (tertiary/aromatic N) is 1. The quantitative estimate of drug-likeness (QED) is 0.908. The molecule has 0 fully saturated rings. The summed E-state index contributed by atoms with van der Waals surface area (Å²) in [5.74, 6) is -1.67. The van der Waals surface area contributed by atoms with Crippen LogP contribution in [0.3, 0.4) is 0 Å². The fraction of sp³-hybridized carbons (Fsp3) is 0.267. The van der Waals surface area contributed by atoms with Crippen molar-refractivity contribution in [1.29, 1.82) is 0 Å². The lowest BCUT2D eigenvalue weighted by molar-refractivity contribution is 0.496. The van der Waals surface area contributed by atoms with Gasteiger partial charge in [0, 0.05) is 17.8 Å². The molecule has 0 aliphatic carbocycles. The van der Waals surface area contributed by atoms with Gasteiger partial charge in [-0.3, -0.25) is 4.98 Å². The molecule has 1 unspecified atom stereocenters. The zero-order valence-corrected chi connectivity index (χ0v) is 11.0. The van der Waals surface area contributed by atoms with E-state index in [4.69, 9.17) is 0 Å². The molecular weight excluding hydrogens is 265 g/mol. The first kappa shape index (κ1) is 14.5. The predicted molar refractivity (Wildman–Crippen MR) is 70.7 cm³/mol. The Morgan fingerprint density at radius 2 is 1.85 bits per heavy atom. The van der Waals surface area contributed by atoms with Gasteiger partial charge in [0.2, 0.25) is 0 Å². The lowest BCUT2D eigenvalue weighted by Crippen LogP contribution is -2.24. The van der Waals surface area contributed by atoms with Gasteiger partial charge in [-0.25, -0.2) is 13.2 Å². The Labute approximate surface area is 115 Å². The molecule has 0 aliphatic rings. The Morgan fingerprint density at radius 1 is 1.15 bits per heavy atom. The van der Waals surface area contributed by atoms with Gasteiger partial charge in [-0.2, -0.15) is 0 Å². The van der Waals surface area contributed by atoms with E-state index in [1.807, 2.05) is 6.92 Å². The van der Waals surface area contributed by atoms with Crippen LogP contribution in [0, 0.1) is 17.5 Å². The van der Waals surface area contributed by atoms with Crippen LogP contribution in [-0.4, -0.2) is 11.5 Å². The van der Waals surface area contributed by atoms with Crippen molar-refractivity contribution in [3.8, 4) is 0 Å². The molecule has 1 N–H and O–H groups in total. The first-order valence-electron chi connectivity index (χ1n) is 6.38. The van der Waals surface area contributed by atoms with Gasteiger partial charge < -0.3 is 5.32 Å². The summed E-state index contributed by atoms with van der Waals surface area (Å²) in [6.07, 6.45) is 2.68. The van der Waals surface area contributed by atoms with Gasteiger partial charge in [-0.15, -0.1) is 0 Å². The maximum absolute atomic E-state index is 13.7. The number of hydrogen-bond donors (Lipinski definition) is 1. The molecule has 0 saturated heterocycles. The van der Waals surface area contributed by atoms with Crippen molar-refractivity contribution in [2.75, 3.05) is 6.54 Å². The standard InChI is InChI=1S/C15H15F3N2/c1-2-20-15(10-6-11(16)9-19-8-10)7-12-13(17)4-3-5-14(12)18/h3-6,8-9,15,20H,2,7H2,1H3. The van der Waals surface area contributed by atoms with Crippen LogP contribution in [-0.2, 0) is 6.42 Å². The summed E-state index contributed by atoms with van der Waals surface area (Å²) >= 11 is 0. The molecule has 2 aromatic rings. The molecule has 20 heavy (non-hydrogen) atoms. The van der Waals surface area contributed by atoms with Crippen LogP contribution in [0.25, 0.3) is 0 Å². The molecule has 2 nitrogen and oxygen atoms in total. The summed E-state index contributed by atoms with van der Waals surface area (Å²) in [6.45, 7) is 2.47. The van der Waals surface area contributed by atoms with Gasteiger partial charge in [0.15, 0.2) is 0 Å². The van der Waals surface area contributed by atoms with Gasteiger partial charge >= 0.3 is 0 Å². The van der Waals surface area contributed by atoms with Crippen LogP contribution in [0.2, 0.25) is 0 Å². The Morgan fingerprint density at radius 3 is 2.45 bits per heavy atom. The Balaban J connectivity index is 2.30. The average Bonchev–Trinajstić information content (AvgIpc) is 2.42. The Hall–Kier alpha value is -1.88. The minimum Gasteiger partial charge on any atom is -0.310 e. The van der Waals surface area contributed by atoms with Gasteiger partial charge in [0.25, 0.3) is 0 Å². The molecular formula is C15H15F3N2. The molecule has 0 bridgehead atoms. The third-order valence-electron chi connectivity index (χ3n) is 3.05. The maximum atomic E-state index is 13.7.